The molecule has 138 valence electrons. The highest BCUT2D eigenvalue weighted by Crippen LogP contribution is 2.29. The Morgan fingerprint density at radius 1 is 1.07 bits per heavy atom. The van der Waals surface area contributed by atoms with Crippen molar-refractivity contribution in [3.05, 3.63) is 42.5 Å². The van der Waals surface area contributed by atoms with E-state index >= 15 is 0 Å². The molecule has 0 radical (unpaired) electrons. The highest BCUT2D eigenvalue weighted by molar-refractivity contribution is 6.02. The lowest BCUT2D eigenvalue weighted by Gasteiger charge is -2.27. The molecule has 0 spiro atoms. The van der Waals surface area contributed by atoms with Crippen molar-refractivity contribution in [1.82, 2.24) is 30.5 Å². The summed E-state index contributed by atoms with van der Waals surface area (Å²) in [5.74, 6) is -0.0543. The van der Waals surface area contributed by atoms with Gasteiger partial charge in [0.1, 0.15) is 0 Å². The molecule has 1 atom stereocenters. The monoisotopic (exact) mass is 362 g/mol. The second-order valence-electron chi connectivity index (χ2n) is 7.86. The number of hydrogen-bond donors (Lipinski definition) is 3. The number of benzene rings is 1. The first-order valence-electron chi connectivity index (χ1n) is 8.92. The van der Waals surface area contributed by atoms with Crippen LogP contribution in [0.3, 0.4) is 0 Å². The molecule has 1 amide bonds. The summed E-state index contributed by atoms with van der Waals surface area (Å²) in [6, 6.07) is 7.74. The summed E-state index contributed by atoms with van der Waals surface area (Å²) >= 11 is 0. The van der Waals surface area contributed by atoms with Gasteiger partial charge in [0.05, 0.1) is 22.2 Å². The third-order valence-corrected chi connectivity index (χ3v) is 4.98. The maximum atomic E-state index is 12.5. The zero-order valence-corrected chi connectivity index (χ0v) is 15.8. The Balaban J connectivity index is 1.72. The SMILES string of the molecule is CC(NC(=O)c1nc2cc3[nH][nH]c(-c4ccncc4)c3cc2n1)C(C)(C)C. The fourth-order valence-corrected chi connectivity index (χ4v) is 2.84. The fourth-order valence-electron chi connectivity index (χ4n) is 2.84. The minimum absolute atomic E-state index is 0.00844. The van der Waals surface area contributed by atoms with Crippen LogP contribution >= 0.6 is 0 Å². The van der Waals surface area contributed by atoms with Gasteiger partial charge >= 0.3 is 0 Å². The third kappa shape index (κ3) is 3.16. The van der Waals surface area contributed by atoms with Crippen LogP contribution in [0.25, 0.3) is 33.2 Å². The van der Waals surface area contributed by atoms with Gasteiger partial charge in [-0.05, 0) is 36.6 Å². The smallest absolute Gasteiger partial charge is 0.289 e. The lowest BCUT2D eigenvalue weighted by molar-refractivity contribution is 0.0901. The lowest BCUT2D eigenvalue weighted by atomic mass is 9.88. The van der Waals surface area contributed by atoms with Crippen LogP contribution in [0.2, 0.25) is 0 Å². The Morgan fingerprint density at radius 3 is 2.41 bits per heavy atom. The number of rotatable bonds is 3. The summed E-state index contributed by atoms with van der Waals surface area (Å²) in [5.41, 5.74) is 4.22. The van der Waals surface area contributed by atoms with Crippen molar-refractivity contribution in [2.24, 2.45) is 5.41 Å². The van der Waals surface area contributed by atoms with Gasteiger partial charge in [-0.15, -0.1) is 0 Å². The maximum absolute atomic E-state index is 12.5. The molecular weight excluding hydrogens is 340 g/mol. The van der Waals surface area contributed by atoms with Gasteiger partial charge in [-0.3, -0.25) is 14.9 Å². The summed E-state index contributed by atoms with van der Waals surface area (Å²) in [5, 5.41) is 10.3. The number of imidazole rings is 1. The molecule has 0 saturated heterocycles. The first-order chi connectivity index (χ1) is 12.8. The number of H-pyrrole nitrogens is 2. The van der Waals surface area contributed by atoms with E-state index in [9.17, 15) is 4.79 Å². The Bertz CT molecular complexity index is 1120. The van der Waals surface area contributed by atoms with Crippen LogP contribution in [0, 0.1) is 5.41 Å². The molecule has 1 unspecified atom stereocenters. The fraction of sp³-hybridized carbons (Fsp3) is 0.300. The van der Waals surface area contributed by atoms with Crippen LogP contribution in [-0.4, -0.2) is 37.1 Å². The van der Waals surface area contributed by atoms with Gasteiger partial charge in [0, 0.05) is 29.4 Å². The van der Waals surface area contributed by atoms with E-state index in [1.165, 1.54) is 0 Å². The number of amides is 1. The van der Waals surface area contributed by atoms with E-state index in [1.54, 1.807) is 12.4 Å². The second kappa shape index (κ2) is 6.19. The molecule has 0 fully saturated rings. The normalized spacial score (nSPS) is 13.2. The van der Waals surface area contributed by atoms with E-state index < -0.39 is 0 Å². The second-order valence-corrected chi connectivity index (χ2v) is 7.86. The topological polar surface area (TPSA) is 99.3 Å². The average molecular weight is 362 g/mol. The van der Waals surface area contributed by atoms with Crippen molar-refractivity contribution in [2.75, 3.05) is 0 Å². The van der Waals surface area contributed by atoms with E-state index in [-0.39, 0.29) is 23.2 Å². The lowest BCUT2D eigenvalue weighted by Crippen LogP contribution is -2.41. The molecule has 3 N–H and O–H groups in total. The van der Waals surface area contributed by atoms with Crippen LogP contribution in [0.4, 0.5) is 0 Å². The van der Waals surface area contributed by atoms with Crippen LogP contribution in [0.5, 0.6) is 0 Å². The quantitative estimate of drug-likeness (QED) is 0.518. The molecule has 0 aliphatic heterocycles. The van der Waals surface area contributed by atoms with Crippen molar-refractivity contribution in [1.29, 1.82) is 0 Å². The Morgan fingerprint density at radius 2 is 1.74 bits per heavy atom. The average Bonchev–Trinajstić information content (AvgIpc) is 3.22. The van der Waals surface area contributed by atoms with Crippen molar-refractivity contribution >= 4 is 27.8 Å². The zero-order valence-electron chi connectivity index (χ0n) is 15.8. The summed E-state index contributed by atoms with van der Waals surface area (Å²) in [6.07, 6.45) is 3.50. The molecule has 7 nitrogen and oxygen atoms in total. The number of fused-ring (bicyclic) bond motifs is 2. The molecule has 7 heteroatoms. The van der Waals surface area contributed by atoms with Crippen LogP contribution in [0.15, 0.2) is 36.7 Å². The number of carbonyl (C=O) groups is 1. The molecule has 3 heterocycles. The van der Waals surface area contributed by atoms with Gasteiger partial charge in [-0.25, -0.2) is 9.97 Å². The third-order valence-electron chi connectivity index (χ3n) is 4.98. The molecule has 0 aliphatic carbocycles. The predicted molar refractivity (Wildman–Crippen MR) is 105 cm³/mol. The molecule has 0 bridgehead atoms. The minimum atomic E-state index is -0.252. The Labute approximate surface area is 156 Å². The highest BCUT2D eigenvalue weighted by atomic mass is 16.2. The molecule has 0 saturated carbocycles. The number of pyridine rings is 1. The number of aromatic nitrogens is 5. The number of nitrogens with zero attached hydrogens (tertiary/aromatic N) is 3. The van der Waals surface area contributed by atoms with Crippen molar-refractivity contribution in [2.45, 2.75) is 33.7 Å². The summed E-state index contributed by atoms with van der Waals surface area (Å²) in [7, 11) is 0. The molecule has 0 aliphatic rings. The largest absolute Gasteiger partial charge is 0.346 e. The molecule has 4 rings (SSSR count). The van der Waals surface area contributed by atoms with E-state index in [0.717, 1.165) is 22.2 Å². The van der Waals surface area contributed by atoms with Crippen molar-refractivity contribution in [3.63, 3.8) is 0 Å². The van der Waals surface area contributed by atoms with E-state index in [1.807, 2.05) is 31.2 Å². The molecular formula is C20H22N6O. The number of aromatic amines is 2. The Hall–Kier alpha value is -3.22. The van der Waals surface area contributed by atoms with Gasteiger partial charge in [0.2, 0.25) is 5.82 Å². The van der Waals surface area contributed by atoms with E-state index in [0.29, 0.717) is 11.0 Å². The van der Waals surface area contributed by atoms with Gasteiger partial charge in [-0.1, -0.05) is 20.8 Å². The first kappa shape index (κ1) is 17.2. The Kier molecular flexibility index (Phi) is 3.95. The molecule has 3 aromatic heterocycles. The maximum Gasteiger partial charge on any atom is 0.289 e. The summed E-state index contributed by atoms with van der Waals surface area (Å²) in [6.45, 7) is 8.24. The van der Waals surface area contributed by atoms with Crippen molar-refractivity contribution in [3.8, 4) is 11.3 Å². The van der Waals surface area contributed by atoms with Crippen LogP contribution < -0.4 is 5.32 Å². The highest BCUT2D eigenvalue weighted by Gasteiger charge is 2.24. The number of carbonyl (C=O) groups excluding carboxylic acids is 1. The van der Waals surface area contributed by atoms with Gasteiger partial charge in [-0.2, -0.15) is 0 Å². The first-order valence-corrected chi connectivity index (χ1v) is 8.92. The van der Waals surface area contributed by atoms with Gasteiger partial charge in [0.15, 0.2) is 0 Å². The molecule has 1 aromatic carbocycles. The predicted octanol–water partition coefficient (Wildman–Crippen LogP) is 3.67. The van der Waals surface area contributed by atoms with E-state index in [2.05, 4.69) is 51.2 Å². The van der Waals surface area contributed by atoms with E-state index in [4.69, 9.17) is 0 Å². The summed E-state index contributed by atoms with van der Waals surface area (Å²) in [4.78, 5) is 25.5. The number of hydrogen-bond acceptors (Lipinski definition) is 4. The zero-order chi connectivity index (χ0) is 19.2. The van der Waals surface area contributed by atoms with Crippen molar-refractivity contribution < 1.29 is 4.79 Å². The molecule has 27 heavy (non-hydrogen) atoms. The standard InChI is InChI=1S/C20H22N6O/c1-11(20(2,3)4)22-19(27)18-23-15-9-13-14(10-16(15)24-18)25-26-17(13)12-5-7-21-8-6-12/h5-11,25-26H,1-4H3,(H,22,27). The molecule has 4 aromatic rings. The number of nitrogens with one attached hydrogen (secondary N) is 3. The van der Waals surface area contributed by atoms with Crippen LogP contribution in [0.1, 0.15) is 38.3 Å². The van der Waals surface area contributed by atoms with Crippen LogP contribution in [-0.2, 0) is 0 Å². The minimum Gasteiger partial charge on any atom is -0.346 e. The van der Waals surface area contributed by atoms with Gasteiger partial charge in [0.25, 0.3) is 5.91 Å². The summed E-state index contributed by atoms with van der Waals surface area (Å²) < 4.78 is 0. The van der Waals surface area contributed by atoms with Gasteiger partial charge < -0.3 is 10.4 Å².